The number of aliphatic carboxylic acids is 1. The number of benzene rings is 1. The van der Waals surface area contributed by atoms with Crippen molar-refractivity contribution in [1.29, 1.82) is 0 Å². The minimum atomic E-state index is -1.59. The molecule has 32 heavy (non-hydrogen) atoms. The number of ether oxygens (including phenoxy) is 1. The number of amides is 1. The van der Waals surface area contributed by atoms with E-state index in [1.165, 1.54) is 11.0 Å². The molecule has 4 rings (SSSR count). The van der Waals surface area contributed by atoms with Crippen LogP contribution in [0.3, 0.4) is 0 Å². The molecule has 4 atom stereocenters. The summed E-state index contributed by atoms with van der Waals surface area (Å²) in [5.74, 6) is -0.753. The third-order valence-corrected chi connectivity index (χ3v) is 7.35. The average Bonchev–Trinajstić information content (AvgIpc) is 3.47. The number of nitrogens with zero attached hydrogens (tertiary/aromatic N) is 1. The highest BCUT2D eigenvalue weighted by Gasteiger charge is 2.50. The molecule has 172 valence electrons. The van der Waals surface area contributed by atoms with Crippen LogP contribution >= 0.6 is 23.2 Å². The monoisotopic (exact) mass is 481 g/mol. The number of hydrogen-bond donors (Lipinski definition) is 1. The lowest BCUT2D eigenvalue weighted by Gasteiger charge is -2.38. The van der Waals surface area contributed by atoms with Gasteiger partial charge in [-0.05, 0) is 74.8 Å². The van der Waals surface area contributed by atoms with Gasteiger partial charge in [-0.3, -0.25) is 4.79 Å². The summed E-state index contributed by atoms with van der Waals surface area (Å²) in [6.45, 7) is 3.73. The molecule has 1 heterocycles. The summed E-state index contributed by atoms with van der Waals surface area (Å²) >= 11 is 12.1. The minimum absolute atomic E-state index is 0.245. The molecule has 0 spiro atoms. The van der Waals surface area contributed by atoms with E-state index in [-0.39, 0.29) is 5.92 Å². The van der Waals surface area contributed by atoms with E-state index in [2.05, 4.69) is 0 Å². The van der Waals surface area contributed by atoms with E-state index < -0.39 is 35.6 Å². The minimum Gasteiger partial charge on any atom is -0.486 e. The number of carboxylic acids is 1. The van der Waals surface area contributed by atoms with E-state index in [1.807, 2.05) is 6.92 Å². The van der Waals surface area contributed by atoms with E-state index in [1.54, 1.807) is 31.2 Å². The van der Waals surface area contributed by atoms with E-state index in [0.29, 0.717) is 40.8 Å². The SMILES string of the molecule is C[C@@H](Oc1ccc(Cl)c(Cl)c1)C1=CC(F)C(C)(C(=O)N2CCC[C@H]2C(=O)O)C=C1C1CC1. The summed E-state index contributed by atoms with van der Waals surface area (Å²) < 4.78 is 21.6. The van der Waals surface area contributed by atoms with Gasteiger partial charge in [0.05, 0.1) is 15.5 Å². The Hall–Kier alpha value is -2.05. The first kappa shape index (κ1) is 23.1. The molecular formula is C24H26Cl2FNO4. The Morgan fingerprint density at radius 1 is 1.25 bits per heavy atom. The van der Waals surface area contributed by atoms with Crippen molar-refractivity contribution >= 4 is 35.1 Å². The molecule has 3 aliphatic rings. The van der Waals surface area contributed by atoms with Crippen molar-refractivity contribution in [1.82, 2.24) is 4.90 Å². The zero-order valence-corrected chi connectivity index (χ0v) is 19.5. The van der Waals surface area contributed by atoms with Crippen molar-refractivity contribution in [2.24, 2.45) is 11.3 Å². The number of alkyl halides is 1. The van der Waals surface area contributed by atoms with Gasteiger partial charge < -0.3 is 14.7 Å². The maximum atomic E-state index is 15.6. The fraction of sp³-hybridized carbons (Fsp3) is 0.500. The Labute approximate surface area is 196 Å². The summed E-state index contributed by atoms with van der Waals surface area (Å²) in [5.41, 5.74) is 0.184. The lowest BCUT2D eigenvalue weighted by atomic mass is 9.74. The molecule has 5 nitrogen and oxygen atoms in total. The van der Waals surface area contributed by atoms with Crippen LogP contribution in [0.15, 0.2) is 41.5 Å². The van der Waals surface area contributed by atoms with Crippen LogP contribution in [0.2, 0.25) is 10.0 Å². The highest BCUT2D eigenvalue weighted by Crippen LogP contribution is 2.48. The third-order valence-electron chi connectivity index (χ3n) is 6.61. The predicted octanol–water partition coefficient (Wildman–Crippen LogP) is 5.46. The van der Waals surface area contributed by atoms with Crippen LogP contribution in [0.5, 0.6) is 5.75 Å². The molecule has 2 aliphatic carbocycles. The van der Waals surface area contributed by atoms with Gasteiger partial charge in [-0.1, -0.05) is 29.3 Å². The highest BCUT2D eigenvalue weighted by atomic mass is 35.5. The molecule has 1 aromatic rings. The number of carbonyl (C=O) groups is 2. The second-order valence-electron chi connectivity index (χ2n) is 9.01. The normalized spacial score (nSPS) is 28.7. The molecule has 2 fully saturated rings. The van der Waals surface area contributed by atoms with E-state index in [9.17, 15) is 14.7 Å². The second kappa shape index (κ2) is 8.71. The quantitative estimate of drug-likeness (QED) is 0.585. The molecule has 2 unspecified atom stereocenters. The lowest BCUT2D eigenvalue weighted by molar-refractivity contribution is -0.152. The Balaban J connectivity index is 1.61. The molecule has 1 aliphatic heterocycles. The van der Waals surface area contributed by atoms with Crippen molar-refractivity contribution in [2.75, 3.05) is 6.54 Å². The molecule has 1 amide bonds. The molecule has 1 N–H and O–H groups in total. The summed E-state index contributed by atoms with van der Waals surface area (Å²) in [6, 6.07) is 4.06. The predicted molar refractivity (Wildman–Crippen MR) is 121 cm³/mol. The lowest BCUT2D eigenvalue weighted by Crippen LogP contribution is -2.51. The van der Waals surface area contributed by atoms with E-state index >= 15 is 4.39 Å². The molecule has 8 heteroatoms. The number of carbonyl (C=O) groups excluding carboxylic acids is 1. The zero-order chi connectivity index (χ0) is 23.2. The largest absolute Gasteiger partial charge is 0.486 e. The van der Waals surface area contributed by atoms with Crippen LogP contribution in [0, 0.1) is 11.3 Å². The Kier molecular flexibility index (Phi) is 6.29. The second-order valence-corrected chi connectivity index (χ2v) is 9.83. The zero-order valence-electron chi connectivity index (χ0n) is 18.0. The van der Waals surface area contributed by atoms with Crippen LogP contribution < -0.4 is 4.74 Å². The maximum Gasteiger partial charge on any atom is 0.326 e. The summed E-state index contributed by atoms with van der Waals surface area (Å²) in [5, 5.41) is 10.3. The fourth-order valence-electron chi connectivity index (χ4n) is 4.60. The maximum absolute atomic E-state index is 15.6. The van der Waals surface area contributed by atoms with Crippen LogP contribution in [0.1, 0.15) is 39.5 Å². The Bertz CT molecular complexity index is 1010. The summed E-state index contributed by atoms with van der Waals surface area (Å²) in [7, 11) is 0. The molecule has 1 saturated carbocycles. The number of allylic oxidation sites excluding steroid dienone is 1. The average molecular weight is 482 g/mol. The van der Waals surface area contributed by atoms with Crippen molar-refractivity contribution in [2.45, 2.75) is 57.8 Å². The van der Waals surface area contributed by atoms with E-state index in [0.717, 1.165) is 18.4 Å². The first-order valence-corrected chi connectivity index (χ1v) is 11.6. The molecule has 1 aromatic carbocycles. The fourth-order valence-corrected chi connectivity index (χ4v) is 4.89. The number of rotatable bonds is 6. The first-order chi connectivity index (χ1) is 15.1. The van der Waals surface area contributed by atoms with Gasteiger partial charge in [0.25, 0.3) is 0 Å². The summed E-state index contributed by atoms with van der Waals surface area (Å²) in [6.07, 6.45) is 4.06. The highest BCUT2D eigenvalue weighted by molar-refractivity contribution is 6.42. The Morgan fingerprint density at radius 2 is 1.97 bits per heavy atom. The van der Waals surface area contributed by atoms with Gasteiger partial charge in [-0.15, -0.1) is 0 Å². The molecule has 1 saturated heterocycles. The van der Waals surface area contributed by atoms with Gasteiger partial charge in [0, 0.05) is 12.6 Å². The Morgan fingerprint density at radius 3 is 2.59 bits per heavy atom. The topological polar surface area (TPSA) is 66.8 Å². The number of hydrogen-bond acceptors (Lipinski definition) is 3. The van der Waals surface area contributed by atoms with Crippen LogP contribution in [0.4, 0.5) is 4.39 Å². The number of likely N-dealkylation sites (tertiary alicyclic amines) is 1. The molecule has 0 radical (unpaired) electrons. The van der Waals surface area contributed by atoms with Gasteiger partial charge in [-0.25, -0.2) is 9.18 Å². The first-order valence-electron chi connectivity index (χ1n) is 10.9. The van der Waals surface area contributed by atoms with Crippen LogP contribution in [0.25, 0.3) is 0 Å². The third kappa shape index (κ3) is 4.27. The molecular weight excluding hydrogens is 456 g/mol. The van der Waals surface area contributed by atoms with Gasteiger partial charge in [-0.2, -0.15) is 0 Å². The molecule has 0 bridgehead atoms. The smallest absolute Gasteiger partial charge is 0.326 e. The van der Waals surface area contributed by atoms with Crippen molar-refractivity contribution in [3.8, 4) is 5.75 Å². The van der Waals surface area contributed by atoms with Gasteiger partial charge in [0.15, 0.2) is 0 Å². The van der Waals surface area contributed by atoms with Crippen molar-refractivity contribution in [3.05, 3.63) is 51.5 Å². The summed E-state index contributed by atoms with van der Waals surface area (Å²) in [4.78, 5) is 26.3. The van der Waals surface area contributed by atoms with Crippen LogP contribution in [-0.4, -0.2) is 46.7 Å². The van der Waals surface area contributed by atoms with Gasteiger partial charge in [0.2, 0.25) is 5.91 Å². The van der Waals surface area contributed by atoms with Gasteiger partial charge >= 0.3 is 5.97 Å². The number of carboxylic acid groups (broad SMARTS) is 1. The van der Waals surface area contributed by atoms with Crippen molar-refractivity contribution < 1.29 is 23.8 Å². The number of halogens is 3. The van der Waals surface area contributed by atoms with Crippen LogP contribution in [-0.2, 0) is 9.59 Å². The van der Waals surface area contributed by atoms with E-state index in [4.69, 9.17) is 27.9 Å². The van der Waals surface area contributed by atoms with Gasteiger partial charge in [0.1, 0.15) is 24.1 Å². The molecule has 0 aromatic heterocycles. The standard InChI is InChI=1S/C24H26Cl2FNO4/c1-13(32-15-7-8-18(25)19(26)10-15)16-11-21(27)24(2,12-17(16)14-5-6-14)23(31)28-9-3-4-20(28)22(29)30/h7-8,10-14,20-21H,3-6,9H2,1-2H3,(H,29,30)/t13-,20+,21?,24?/m1/s1. The van der Waals surface area contributed by atoms with Crippen molar-refractivity contribution in [3.63, 3.8) is 0 Å².